The Bertz CT molecular complexity index is 944. The number of hydrogen-bond donors (Lipinski definition) is 1. The number of benzene rings is 1. The second-order valence-electron chi connectivity index (χ2n) is 10.2. The molecule has 1 aromatic carbocycles. The van der Waals surface area contributed by atoms with Gasteiger partial charge in [-0.05, 0) is 43.0 Å². The summed E-state index contributed by atoms with van der Waals surface area (Å²) in [6.07, 6.45) is 4.47. The van der Waals surface area contributed by atoms with Gasteiger partial charge in [-0.15, -0.1) is 0 Å². The summed E-state index contributed by atoms with van der Waals surface area (Å²) >= 11 is 0. The zero-order valence-corrected chi connectivity index (χ0v) is 19.0. The number of allylic oxidation sites excluding steroid dienone is 1. The molecule has 2 saturated heterocycles. The van der Waals surface area contributed by atoms with Crippen molar-refractivity contribution in [3.05, 3.63) is 41.5 Å². The first-order valence-electron chi connectivity index (χ1n) is 12.0. The third-order valence-corrected chi connectivity index (χ3v) is 8.76. The molecule has 2 heterocycles. The molecular formula is C26H33N3O3. The molecule has 32 heavy (non-hydrogen) atoms. The molecule has 1 N–H and O–H groups in total. The maximum atomic E-state index is 12.9. The minimum absolute atomic E-state index is 0.123. The maximum absolute atomic E-state index is 12.9. The first kappa shape index (κ1) is 21.5. The number of nitrogens with zero attached hydrogens (tertiary/aromatic N) is 3. The third-order valence-electron chi connectivity index (χ3n) is 8.76. The van der Waals surface area contributed by atoms with E-state index < -0.39 is 6.10 Å². The van der Waals surface area contributed by atoms with E-state index >= 15 is 0 Å². The van der Waals surface area contributed by atoms with Gasteiger partial charge in [-0.2, -0.15) is 5.26 Å². The first-order chi connectivity index (χ1) is 15.4. The van der Waals surface area contributed by atoms with E-state index in [9.17, 15) is 9.90 Å². The number of anilines is 1. The number of carbonyl (C=O) groups excluding carboxylic acids is 1. The molecule has 1 aromatic rings. The summed E-state index contributed by atoms with van der Waals surface area (Å²) in [5.74, 6) is -0.111. The van der Waals surface area contributed by atoms with Crippen LogP contribution in [0, 0.1) is 34.5 Å². The number of hydrogen-bond acceptors (Lipinski definition) is 6. The number of fused-ring (bicyclic) bond motifs is 2. The molecule has 5 rings (SSSR count). The summed E-state index contributed by atoms with van der Waals surface area (Å²) < 4.78 is 5.83. The highest BCUT2D eigenvalue weighted by Gasteiger charge is 2.59. The molecular weight excluding hydrogens is 402 g/mol. The molecule has 6 nitrogen and oxygen atoms in total. The van der Waals surface area contributed by atoms with Crippen molar-refractivity contribution in [3.8, 4) is 6.07 Å². The minimum Gasteiger partial charge on any atom is -0.461 e. The second-order valence-corrected chi connectivity index (χ2v) is 10.2. The Balaban J connectivity index is 1.26. The van der Waals surface area contributed by atoms with E-state index in [2.05, 4.69) is 35.8 Å². The number of carbonyl (C=O) groups is 1. The van der Waals surface area contributed by atoms with E-state index in [0.29, 0.717) is 18.0 Å². The van der Waals surface area contributed by atoms with Gasteiger partial charge in [0.1, 0.15) is 6.10 Å². The lowest BCUT2D eigenvalue weighted by Crippen LogP contribution is -2.55. The molecule has 0 radical (unpaired) electrons. The van der Waals surface area contributed by atoms with Crippen LogP contribution in [0.4, 0.5) is 5.69 Å². The predicted molar refractivity (Wildman–Crippen MR) is 122 cm³/mol. The van der Waals surface area contributed by atoms with Crippen molar-refractivity contribution >= 4 is 11.7 Å². The molecule has 4 aliphatic rings. The van der Waals surface area contributed by atoms with Gasteiger partial charge in [0.15, 0.2) is 0 Å². The summed E-state index contributed by atoms with van der Waals surface area (Å²) in [5.41, 5.74) is 2.84. The Labute approximate surface area is 190 Å². The molecule has 6 heteroatoms. The van der Waals surface area contributed by atoms with Gasteiger partial charge in [0.2, 0.25) is 0 Å². The van der Waals surface area contributed by atoms with Crippen LogP contribution in [0.1, 0.15) is 38.7 Å². The van der Waals surface area contributed by atoms with Crippen LogP contribution < -0.4 is 4.90 Å². The Hall–Kier alpha value is -2.36. The normalized spacial score (nSPS) is 37.2. The fourth-order valence-corrected chi connectivity index (χ4v) is 6.49. The third kappa shape index (κ3) is 3.43. The standard InChI is InChI=1S/C26H33N3O3/c1-17-4-3-5-19-14-22-23(24(30)26(17,19)2)21(25(31)32-22)16-28-10-12-29(13-11-28)20-8-6-18(15-27)7-9-20/h5-9,17,21-24,30H,3-4,10-14,16H2,1-2H3/t17-,21+,22+,23-,24+,26+/m0/s1. The van der Waals surface area contributed by atoms with Crippen LogP contribution in [0.2, 0.25) is 0 Å². The topological polar surface area (TPSA) is 76.8 Å². The Morgan fingerprint density at radius 1 is 1.22 bits per heavy atom. The first-order valence-corrected chi connectivity index (χ1v) is 12.0. The lowest BCUT2D eigenvalue weighted by atomic mass is 9.55. The van der Waals surface area contributed by atoms with E-state index in [-0.39, 0.29) is 29.3 Å². The molecule has 2 aliphatic heterocycles. The molecule has 0 unspecified atom stereocenters. The number of aliphatic hydroxyl groups excluding tert-OH is 1. The van der Waals surface area contributed by atoms with Gasteiger partial charge in [-0.3, -0.25) is 9.69 Å². The number of aliphatic hydroxyl groups is 1. The number of ether oxygens (including phenoxy) is 1. The average Bonchev–Trinajstić information content (AvgIpc) is 3.11. The molecule has 0 aromatic heterocycles. The van der Waals surface area contributed by atoms with Crippen molar-refractivity contribution in [3.63, 3.8) is 0 Å². The van der Waals surface area contributed by atoms with Crippen molar-refractivity contribution in [1.82, 2.24) is 4.90 Å². The Morgan fingerprint density at radius 2 is 1.94 bits per heavy atom. The van der Waals surface area contributed by atoms with E-state index in [1.54, 1.807) is 0 Å². The fraction of sp³-hybridized carbons (Fsp3) is 0.615. The maximum Gasteiger partial charge on any atom is 0.311 e. The van der Waals surface area contributed by atoms with Gasteiger partial charge < -0.3 is 14.7 Å². The van der Waals surface area contributed by atoms with Gasteiger partial charge in [0.25, 0.3) is 0 Å². The second kappa shape index (κ2) is 8.20. The number of esters is 1. The number of piperazine rings is 1. The summed E-state index contributed by atoms with van der Waals surface area (Å²) in [4.78, 5) is 17.6. The number of nitriles is 1. The zero-order chi connectivity index (χ0) is 22.5. The zero-order valence-electron chi connectivity index (χ0n) is 19.0. The summed E-state index contributed by atoms with van der Waals surface area (Å²) in [7, 11) is 0. The highest BCUT2D eigenvalue weighted by molar-refractivity contribution is 5.76. The van der Waals surface area contributed by atoms with Crippen molar-refractivity contribution in [2.75, 3.05) is 37.6 Å². The van der Waals surface area contributed by atoms with Crippen LogP contribution in [-0.2, 0) is 9.53 Å². The fourth-order valence-electron chi connectivity index (χ4n) is 6.49. The van der Waals surface area contributed by atoms with Crippen LogP contribution in [-0.4, -0.2) is 60.9 Å². The van der Waals surface area contributed by atoms with Crippen molar-refractivity contribution in [2.24, 2.45) is 23.2 Å². The van der Waals surface area contributed by atoms with E-state index in [1.165, 1.54) is 5.57 Å². The SMILES string of the molecule is C[C@H]1CCC=C2C[C@H]3OC(=O)[C@H](CN4CCN(c5ccc(C#N)cc5)CC4)[C@@H]3[C@@H](O)[C@@]21C. The van der Waals surface area contributed by atoms with E-state index in [4.69, 9.17) is 10.00 Å². The van der Waals surface area contributed by atoms with Crippen molar-refractivity contribution in [2.45, 2.75) is 45.3 Å². The van der Waals surface area contributed by atoms with Gasteiger partial charge in [-0.1, -0.05) is 25.5 Å². The smallest absolute Gasteiger partial charge is 0.311 e. The monoisotopic (exact) mass is 435 g/mol. The number of rotatable bonds is 3. The average molecular weight is 436 g/mol. The van der Waals surface area contributed by atoms with Crippen LogP contribution in [0.15, 0.2) is 35.9 Å². The van der Waals surface area contributed by atoms with Crippen molar-refractivity contribution < 1.29 is 14.6 Å². The predicted octanol–water partition coefficient (Wildman–Crippen LogP) is 2.97. The Morgan fingerprint density at radius 3 is 2.62 bits per heavy atom. The quantitative estimate of drug-likeness (QED) is 0.581. The lowest BCUT2D eigenvalue weighted by molar-refractivity contribution is -0.145. The summed E-state index contributed by atoms with van der Waals surface area (Å²) in [6.45, 7) is 8.59. The van der Waals surface area contributed by atoms with Gasteiger partial charge in [-0.25, -0.2) is 0 Å². The van der Waals surface area contributed by atoms with Crippen molar-refractivity contribution in [1.29, 1.82) is 5.26 Å². The van der Waals surface area contributed by atoms with Crippen LogP contribution in [0.5, 0.6) is 0 Å². The molecule has 0 spiro atoms. The van der Waals surface area contributed by atoms with Gasteiger partial charge >= 0.3 is 5.97 Å². The van der Waals surface area contributed by atoms with E-state index in [1.807, 2.05) is 24.3 Å². The Kier molecular flexibility index (Phi) is 5.51. The summed E-state index contributed by atoms with van der Waals surface area (Å²) in [6, 6.07) is 9.88. The van der Waals surface area contributed by atoms with E-state index in [0.717, 1.165) is 51.1 Å². The molecule has 2 aliphatic carbocycles. The van der Waals surface area contributed by atoms with Crippen LogP contribution in [0.25, 0.3) is 0 Å². The molecule has 0 amide bonds. The van der Waals surface area contributed by atoms with Gasteiger partial charge in [0.05, 0.1) is 23.7 Å². The highest BCUT2D eigenvalue weighted by Crippen LogP contribution is 2.56. The molecule has 1 saturated carbocycles. The van der Waals surface area contributed by atoms with Crippen LogP contribution >= 0.6 is 0 Å². The molecule has 3 fully saturated rings. The summed E-state index contributed by atoms with van der Waals surface area (Å²) in [5, 5.41) is 20.5. The molecule has 170 valence electrons. The molecule has 0 bridgehead atoms. The lowest BCUT2D eigenvalue weighted by Gasteiger charge is -2.52. The largest absolute Gasteiger partial charge is 0.461 e. The molecule has 6 atom stereocenters. The highest BCUT2D eigenvalue weighted by atomic mass is 16.6. The minimum atomic E-state index is -0.542. The van der Waals surface area contributed by atoms with Crippen LogP contribution in [0.3, 0.4) is 0 Å². The van der Waals surface area contributed by atoms with Gasteiger partial charge in [0, 0.05) is 56.2 Å².